The summed E-state index contributed by atoms with van der Waals surface area (Å²) in [6.45, 7) is 2.23. The van der Waals surface area contributed by atoms with Crippen molar-refractivity contribution in [3.8, 4) is 10.4 Å². The number of hydrogen-bond acceptors (Lipinski definition) is 5. The smallest absolute Gasteiger partial charge is 0.274 e. The number of hydrogen-bond donors (Lipinski definition) is 1. The first-order valence-electron chi connectivity index (χ1n) is 12.6. The molecule has 0 aliphatic heterocycles. The zero-order valence-electron chi connectivity index (χ0n) is 21.4. The molecule has 5 aromatic rings. The maximum Gasteiger partial charge on any atom is 0.274 e. The van der Waals surface area contributed by atoms with Gasteiger partial charge in [-0.15, -0.1) is 11.3 Å². The van der Waals surface area contributed by atoms with Crippen molar-refractivity contribution in [2.75, 3.05) is 13.6 Å². The summed E-state index contributed by atoms with van der Waals surface area (Å²) in [4.78, 5) is 34.2. The van der Waals surface area contributed by atoms with E-state index in [1.165, 1.54) is 16.9 Å². The number of aromatic nitrogens is 1. The molecule has 0 aliphatic carbocycles. The SMILES string of the molecule is Cc1nc(C(=O)N(C)C(CCc2ccccc2)CNC(=O)c2cccc3occc23)c(-c2ccccc2)s1. The third-order valence-corrected chi connectivity index (χ3v) is 7.71. The van der Waals surface area contributed by atoms with Crippen molar-refractivity contribution in [3.05, 3.63) is 113 Å². The van der Waals surface area contributed by atoms with E-state index in [0.29, 0.717) is 29.8 Å². The molecule has 1 N–H and O–H groups in total. The van der Waals surface area contributed by atoms with Crippen LogP contribution >= 0.6 is 11.3 Å². The van der Waals surface area contributed by atoms with Gasteiger partial charge in [-0.1, -0.05) is 66.7 Å². The van der Waals surface area contributed by atoms with E-state index in [9.17, 15) is 9.59 Å². The lowest BCUT2D eigenvalue weighted by atomic mass is 10.0. The Morgan fingerprint density at radius 2 is 1.71 bits per heavy atom. The molecule has 0 radical (unpaired) electrons. The summed E-state index contributed by atoms with van der Waals surface area (Å²) in [5.41, 5.74) is 3.81. The first-order chi connectivity index (χ1) is 18.5. The van der Waals surface area contributed by atoms with Crippen molar-refractivity contribution in [2.24, 2.45) is 0 Å². The van der Waals surface area contributed by atoms with Crippen LogP contribution in [0.3, 0.4) is 0 Å². The van der Waals surface area contributed by atoms with Gasteiger partial charge in [-0.25, -0.2) is 4.98 Å². The second-order valence-corrected chi connectivity index (χ2v) is 10.4. The van der Waals surface area contributed by atoms with Crippen molar-refractivity contribution < 1.29 is 14.0 Å². The predicted molar refractivity (Wildman–Crippen MR) is 151 cm³/mol. The second-order valence-electron chi connectivity index (χ2n) is 9.22. The molecule has 3 aromatic carbocycles. The number of benzene rings is 3. The number of fused-ring (bicyclic) bond motifs is 1. The largest absolute Gasteiger partial charge is 0.464 e. The highest BCUT2D eigenvalue weighted by atomic mass is 32.1. The van der Waals surface area contributed by atoms with E-state index >= 15 is 0 Å². The lowest BCUT2D eigenvalue weighted by molar-refractivity contribution is 0.0706. The molecule has 0 bridgehead atoms. The summed E-state index contributed by atoms with van der Waals surface area (Å²) in [5, 5.41) is 4.66. The summed E-state index contributed by atoms with van der Waals surface area (Å²) in [5.74, 6) is -0.352. The number of carbonyl (C=O) groups excluding carboxylic acids is 2. The number of carbonyl (C=O) groups is 2. The normalized spacial score (nSPS) is 11.8. The van der Waals surface area contributed by atoms with Gasteiger partial charge in [0.05, 0.1) is 21.7 Å². The molecule has 0 aliphatic rings. The lowest BCUT2D eigenvalue weighted by Gasteiger charge is -2.28. The van der Waals surface area contributed by atoms with Gasteiger partial charge in [0, 0.05) is 25.0 Å². The molecule has 0 saturated carbocycles. The van der Waals surface area contributed by atoms with Crippen molar-refractivity contribution >= 4 is 34.1 Å². The maximum atomic E-state index is 13.8. The highest BCUT2D eigenvalue weighted by molar-refractivity contribution is 7.15. The maximum absolute atomic E-state index is 13.8. The van der Waals surface area contributed by atoms with E-state index in [1.807, 2.05) is 61.5 Å². The fraction of sp³-hybridized carbons (Fsp3) is 0.194. The van der Waals surface area contributed by atoms with Crippen LogP contribution in [0.25, 0.3) is 21.4 Å². The molecule has 1 atom stereocenters. The van der Waals surface area contributed by atoms with E-state index in [1.54, 1.807) is 36.4 Å². The summed E-state index contributed by atoms with van der Waals surface area (Å²) in [7, 11) is 1.80. The van der Waals surface area contributed by atoms with Gasteiger partial charge >= 0.3 is 0 Å². The molecule has 6 nitrogen and oxygen atoms in total. The summed E-state index contributed by atoms with van der Waals surface area (Å²) in [6, 6.07) is 27.0. The lowest BCUT2D eigenvalue weighted by Crippen LogP contribution is -2.45. The molecule has 5 rings (SSSR count). The Balaban J connectivity index is 1.38. The summed E-state index contributed by atoms with van der Waals surface area (Å²) < 4.78 is 5.45. The van der Waals surface area contributed by atoms with Crippen LogP contribution in [0.5, 0.6) is 0 Å². The second kappa shape index (κ2) is 11.4. The number of thiazole rings is 1. The average Bonchev–Trinajstić information content (AvgIpc) is 3.60. The summed E-state index contributed by atoms with van der Waals surface area (Å²) >= 11 is 1.52. The quantitative estimate of drug-likeness (QED) is 0.244. The van der Waals surface area contributed by atoms with E-state index in [0.717, 1.165) is 27.3 Å². The minimum atomic E-state index is -0.235. The third kappa shape index (κ3) is 5.53. The summed E-state index contributed by atoms with van der Waals surface area (Å²) in [6.07, 6.45) is 3.04. The van der Waals surface area contributed by atoms with Gasteiger partial charge in [-0.05, 0) is 49.1 Å². The molecular weight excluding hydrogens is 494 g/mol. The fourth-order valence-electron chi connectivity index (χ4n) is 4.60. The van der Waals surface area contributed by atoms with Crippen molar-refractivity contribution in [1.29, 1.82) is 0 Å². The molecule has 0 saturated heterocycles. The monoisotopic (exact) mass is 523 g/mol. The van der Waals surface area contributed by atoms with Crippen LogP contribution in [0.2, 0.25) is 0 Å². The van der Waals surface area contributed by atoms with E-state index < -0.39 is 0 Å². The first kappa shape index (κ1) is 25.4. The standard InChI is InChI=1S/C31H29N3O3S/c1-21-33-28(29(38-21)23-12-7-4-8-13-23)31(36)34(2)24(17-16-22-10-5-3-6-11-22)20-32-30(35)26-14-9-15-27-25(26)18-19-37-27/h3-15,18-19,24H,16-17,20H2,1-2H3,(H,32,35). The van der Waals surface area contributed by atoms with Crippen LogP contribution in [0.15, 0.2) is 95.6 Å². The molecule has 7 heteroatoms. The van der Waals surface area contributed by atoms with Crippen LogP contribution in [0.4, 0.5) is 0 Å². The molecule has 38 heavy (non-hydrogen) atoms. The minimum Gasteiger partial charge on any atom is -0.464 e. The van der Waals surface area contributed by atoms with Crippen molar-refractivity contribution in [1.82, 2.24) is 15.2 Å². The first-order valence-corrected chi connectivity index (χ1v) is 13.4. The number of furan rings is 1. The predicted octanol–water partition coefficient (Wildman–Crippen LogP) is 6.37. The van der Waals surface area contributed by atoms with Crippen LogP contribution < -0.4 is 5.32 Å². The van der Waals surface area contributed by atoms with Gasteiger partial charge in [0.15, 0.2) is 0 Å². The topological polar surface area (TPSA) is 75.4 Å². The third-order valence-electron chi connectivity index (χ3n) is 6.69. The zero-order valence-corrected chi connectivity index (χ0v) is 22.2. The highest BCUT2D eigenvalue weighted by Gasteiger charge is 2.27. The van der Waals surface area contributed by atoms with E-state index in [4.69, 9.17) is 4.42 Å². The molecular formula is C31H29N3O3S. The molecule has 2 heterocycles. The van der Waals surface area contributed by atoms with Crippen LogP contribution in [0.1, 0.15) is 37.8 Å². The molecule has 192 valence electrons. The van der Waals surface area contributed by atoms with Gasteiger partial charge in [0.1, 0.15) is 11.3 Å². The van der Waals surface area contributed by atoms with Crippen LogP contribution in [-0.4, -0.2) is 41.3 Å². The Hall–Kier alpha value is -4.23. The Kier molecular flexibility index (Phi) is 7.65. The van der Waals surface area contributed by atoms with Gasteiger partial charge in [-0.3, -0.25) is 9.59 Å². The van der Waals surface area contributed by atoms with Crippen molar-refractivity contribution in [2.45, 2.75) is 25.8 Å². The number of amides is 2. The highest BCUT2D eigenvalue weighted by Crippen LogP contribution is 2.31. The van der Waals surface area contributed by atoms with E-state index in [-0.39, 0.29) is 17.9 Å². The molecule has 2 amide bonds. The molecule has 0 spiro atoms. The Morgan fingerprint density at radius 3 is 2.47 bits per heavy atom. The van der Waals surface area contributed by atoms with Crippen LogP contribution in [0, 0.1) is 6.92 Å². The van der Waals surface area contributed by atoms with Crippen LogP contribution in [-0.2, 0) is 6.42 Å². The Morgan fingerprint density at radius 1 is 0.974 bits per heavy atom. The number of nitrogens with one attached hydrogen (secondary N) is 1. The van der Waals surface area contributed by atoms with Crippen molar-refractivity contribution in [3.63, 3.8) is 0 Å². The van der Waals surface area contributed by atoms with Gasteiger partial charge in [0.2, 0.25) is 0 Å². The van der Waals surface area contributed by atoms with Gasteiger partial charge < -0.3 is 14.6 Å². The number of rotatable bonds is 9. The minimum absolute atomic E-state index is 0.155. The zero-order chi connectivity index (χ0) is 26.5. The Bertz CT molecular complexity index is 1540. The number of aryl methyl sites for hydroxylation is 2. The Labute approximate surface area is 225 Å². The average molecular weight is 524 g/mol. The van der Waals surface area contributed by atoms with Gasteiger partial charge in [0.25, 0.3) is 11.8 Å². The molecule has 0 fully saturated rings. The number of likely N-dealkylation sites (N-methyl/N-ethyl adjacent to an activating group) is 1. The number of nitrogens with zero attached hydrogens (tertiary/aromatic N) is 2. The van der Waals surface area contributed by atoms with E-state index in [2.05, 4.69) is 22.4 Å². The van der Waals surface area contributed by atoms with Gasteiger partial charge in [-0.2, -0.15) is 0 Å². The fourth-order valence-corrected chi connectivity index (χ4v) is 5.51. The molecule has 1 unspecified atom stereocenters. The molecule has 2 aromatic heterocycles.